The second-order valence-corrected chi connectivity index (χ2v) is 7.57. The van der Waals surface area contributed by atoms with E-state index in [1.807, 2.05) is 31.2 Å². The molecule has 0 fully saturated rings. The van der Waals surface area contributed by atoms with Crippen molar-refractivity contribution in [1.29, 1.82) is 0 Å². The van der Waals surface area contributed by atoms with Gasteiger partial charge in [0.15, 0.2) is 0 Å². The highest BCUT2D eigenvalue weighted by Crippen LogP contribution is 2.17. The van der Waals surface area contributed by atoms with Gasteiger partial charge in [-0.25, -0.2) is 17.5 Å². The molecule has 1 atom stereocenters. The fourth-order valence-electron chi connectivity index (χ4n) is 2.03. The monoisotopic (exact) mass is 356 g/mol. The predicted octanol–water partition coefficient (Wildman–Crippen LogP) is 3.12. The van der Waals surface area contributed by atoms with Gasteiger partial charge in [-0.1, -0.05) is 41.9 Å². The molecule has 124 valence electrons. The molecular weight excluding hydrogens is 339 g/mol. The molecule has 4 nitrogen and oxygen atoms in total. The first kappa shape index (κ1) is 17.9. The van der Waals surface area contributed by atoms with Crippen LogP contribution in [0.5, 0.6) is 0 Å². The van der Waals surface area contributed by atoms with Gasteiger partial charge < -0.3 is 5.73 Å². The van der Waals surface area contributed by atoms with E-state index in [0.717, 1.165) is 17.2 Å². The van der Waals surface area contributed by atoms with E-state index in [-0.39, 0.29) is 23.4 Å². The Morgan fingerprint density at radius 2 is 1.78 bits per heavy atom. The van der Waals surface area contributed by atoms with E-state index in [1.165, 1.54) is 12.1 Å². The summed E-state index contributed by atoms with van der Waals surface area (Å²) in [6, 6.07) is 11.2. The molecule has 0 aliphatic carbocycles. The summed E-state index contributed by atoms with van der Waals surface area (Å²) in [5.41, 5.74) is 8.01. The lowest BCUT2D eigenvalue weighted by Crippen LogP contribution is -2.24. The van der Waals surface area contributed by atoms with Crippen LogP contribution in [0.2, 0.25) is 5.02 Å². The van der Waals surface area contributed by atoms with Gasteiger partial charge in [0.2, 0.25) is 10.0 Å². The van der Waals surface area contributed by atoms with Crippen LogP contribution >= 0.6 is 11.6 Å². The van der Waals surface area contributed by atoms with Gasteiger partial charge in [0.25, 0.3) is 0 Å². The Morgan fingerprint density at radius 3 is 2.35 bits per heavy atom. The van der Waals surface area contributed by atoms with Crippen LogP contribution in [0.1, 0.15) is 29.7 Å². The van der Waals surface area contributed by atoms with Gasteiger partial charge in [0, 0.05) is 12.6 Å². The molecule has 1 unspecified atom stereocenters. The van der Waals surface area contributed by atoms with Gasteiger partial charge in [0.05, 0.1) is 10.8 Å². The smallest absolute Gasteiger partial charge is 0.216 e. The van der Waals surface area contributed by atoms with Crippen LogP contribution in [0.25, 0.3) is 0 Å². The van der Waals surface area contributed by atoms with E-state index in [1.54, 1.807) is 0 Å². The number of halogens is 2. The molecule has 0 bridgehead atoms. The number of nitrogens with one attached hydrogen (secondary N) is 1. The normalized spacial score (nSPS) is 13.0. The summed E-state index contributed by atoms with van der Waals surface area (Å²) in [6.45, 7) is 2.06. The molecule has 0 heterocycles. The second kappa shape index (κ2) is 7.40. The fourth-order valence-corrected chi connectivity index (χ4v) is 3.34. The van der Waals surface area contributed by atoms with Gasteiger partial charge >= 0.3 is 0 Å². The molecule has 0 aliphatic rings. The SMILES string of the molecule is CC(N)c1ccc(CNS(=O)(=O)Cc2ccc(F)c(Cl)c2)cc1. The van der Waals surface area contributed by atoms with Crippen molar-refractivity contribution in [3.8, 4) is 0 Å². The molecule has 0 aliphatic heterocycles. The summed E-state index contributed by atoms with van der Waals surface area (Å²) in [7, 11) is -3.54. The van der Waals surface area contributed by atoms with E-state index in [0.29, 0.717) is 5.56 Å². The summed E-state index contributed by atoms with van der Waals surface area (Å²) < 4.78 is 39.7. The first-order chi connectivity index (χ1) is 10.8. The van der Waals surface area contributed by atoms with Crippen LogP contribution in [-0.4, -0.2) is 8.42 Å². The van der Waals surface area contributed by atoms with Gasteiger partial charge in [0.1, 0.15) is 5.82 Å². The minimum absolute atomic E-state index is 0.0658. The van der Waals surface area contributed by atoms with Crippen molar-refractivity contribution in [3.05, 3.63) is 70.0 Å². The van der Waals surface area contributed by atoms with Gasteiger partial charge in [-0.05, 0) is 35.7 Å². The Balaban J connectivity index is 1.99. The molecule has 7 heteroatoms. The highest BCUT2D eigenvalue weighted by atomic mass is 35.5. The highest BCUT2D eigenvalue weighted by Gasteiger charge is 2.13. The van der Waals surface area contributed by atoms with E-state index in [2.05, 4.69) is 4.72 Å². The van der Waals surface area contributed by atoms with Crippen molar-refractivity contribution >= 4 is 21.6 Å². The number of hydrogen-bond donors (Lipinski definition) is 2. The third kappa shape index (κ3) is 5.28. The highest BCUT2D eigenvalue weighted by molar-refractivity contribution is 7.88. The molecule has 0 saturated heterocycles. The standard InChI is InChI=1S/C16H18ClFN2O2S/c1-11(19)14-5-2-12(3-6-14)9-20-23(21,22)10-13-4-7-16(18)15(17)8-13/h2-8,11,20H,9-10,19H2,1H3. The van der Waals surface area contributed by atoms with Crippen LogP contribution in [0.3, 0.4) is 0 Å². The molecule has 0 radical (unpaired) electrons. The van der Waals surface area contributed by atoms with Gasteiger partial charge in [-0.3, -0.25) is 0 Å². The number of sulfonamides is 1. The average molecular weight is 357 g/mol. The number of nitrogens with two attached hydrogens (primary N) is 1. The molecule has 3 N–H and O–H groups in total. The average Bonchev–Trinajstić information content (AvgIpc) is 2.49. The predicted molar refractivity (Wildman–Crippen MR) is 89.9 cm³/mol. The number of benzene rings is 2. The molecule has 0 saturated carbocycles. The summed E-state index contributed by atoms with van der Waals surface area (Å²) in [5, 5.41) is -0.0933. The Bertz CT molecular complexity index is 777. The largest absolute Gasteiger partial charge is 0.324 e. The molecule has 0 amide bonds. The zero-order chi connectivity index (χ0) is 17.0. The number of rotatable bonds is 6. The third-order valence-corrected chi connectivity index (χ3v) is 4.93. The third-order valence-electron chi connectivity index (χ3n) is 3.34. The van der Waals surface area contributed by atoms with Crippen LogP contribution in [0, 0.1) is 5.82 Å². The van der Waals surface area contributed by atoms with E-state index in [4.69, 9.17) is 17.3 Å². The van der Waals surface area contributed by atoms with E-state index < -0.39 is 15.8 Å². The maximum absolute atomic E-state index is 13.1. The molecule has 2 aromatic rings. The summed E-state index contributed by atoms with van der Waals surface area (Å²) in [5.74, 6) is -0.833. The lowest BCUT2D eigenvalue weighted by molar-refractivity contribution is 0.580. The van der Waals surface area contributed by atoms with Crippen LogP contribution in [0.15, 0.2) is 42.5 Å². The lowest BCUT2D eigenvalue weighted by Gasteiger charge is -2.09. The Kier molecular flexibility index (Phi) is 5.75. The molecular formula is C16H18ClFN2O2S. The van der Waals surface area contributed by atoms with Crippen molar-refractivity contribution in [3.63, 3.8) is 0 Å². The van der Waals surface area contributed by atoms with E-state index >= 15 is 0 Å². The Morgan fingerprint density at radius 1 is 1.17 bits per heavy atom. The maximum Gasteiger partial charge on any atom is 0.216 e. The van der Waals surface area contributed by atoms with Crippen LogP contribution in [0.4, 0.5) is 4.39 Å². The minimum Gasteiger partial charge on any atom is -0.324 e. The molecule has 23 heavy (non-hydrogen) atoms. The zero-order valence-corrected chi connectivity index (χ0v) is 14.2. The number of hydrogen-bond acceptors (Lipinski definition) is 3. The summed E-state index contributed by atoms with van der Waals surface area (Å²) in [6.07, 6.45) is 0. The fraction of sp³-hybridized carbons (Fsp3) is 0.250. The van der Waals surface area contributed by atoms with Crippen LogP contribution in [-0.2, 0) is 22.3 Å². The lowest BCUT2D eigenvalue weighted by atomic mass is 10.1. The van der Waals surface area contributed by atoms with Crippen molar-refractivity contribution in [1.82, 2.24) is 4.72 Å². The van der Waals surface area contributed by atoms with Crippen molar-refractivity contribution in [2.24, 2.45) is 5.73 Å². The quantitative estimate of drug-likeness (QED) is 0.835. The Labute approximate surface area is 140 Å². The minimum atomic E-state index is -3.54. The summed E-state index contributed by atoms with van der Waals surface area (Å²) >= 11 is 5.66. The molecule has 0 spiro atoms. The topological polar surface area (TPSA) is 72.2 Å². The Hall–Kier alpha value is -1.47. The van der Waals surface area contributed by atoms with Gasteiger partial charge in [-0.15, -0.1) is 0 Å². The maximum atomic E-state index is 13.1. The van der Waals surface area contributed by atoms with E-state index in [9.17, 15) is 12.8 Å². The molecule has 0 aromatic heterocycles. The van der Waals surface area contributed by atoms with Crippen molar-refractivity contribution < 1.29 is 12.8 Å². The van der Waals surface area contributed by atoms with Gasteiger partial charge in [-0.2, -0.15) is 0 Å². The van der Waals surface area contributed by atoms with Crippen molar-refractivity contribution in [2.45, 2.75) is 25.3 Å². The molecule has 2 aromatic carbocycles. The zero-order valence-electron chi connectivity index (χ0n) is 12.6. The molecule has 2 rings (SSSR count). The van der Waals surface area contributed by atoms with Crippen molar-refractivity contribution in [2.75, 3.05) is 0 Å². The van der Waals surface area contributed by atoms with Crippen LogP contribution < -0.4 is 10.5 Å². The first-order valence-electron chi connectivity index (χ1n) is 7.02. The first-order valence-corrected chi connectivity index (χ1v) is 9.05. The summed E-state index contributed by atoms with van der Waals surface area (Å²) in [4.78, 5) is 0. The second-order valence-electron chi connectivity index (χ2n) is 5.36.